The van der Waals surface area contributed by atoms with Gasteiger partial charge in [-0.15, -0.1) is 11.3 Å². The highest BCUT2D eigenvalue weighted by molar-refractivity contribution is 7.18. The molecule has 0 spiro atoms. The third-order valence-electron chi connectivity index (χ3n) is 4.56. The topological polar surface area (TPSA) is 52.2 Å². The lowest BCUT2D eigenvalue weighted by atomic mass is 9.97. The third-order valence-corrected chi connectivity index (χ3v) is 6.07. The van der Waals surface area contributed by atoms with Gasteiger partial charge in [0.25, 0.3) is 5.56 Å². The van der Waals surface area contributed by atoms with Crippen LogP contribution in [0.15, 0.2) is 35.4 Å². The number of rotatable bonds is 1. The fraction of sp³-hybridized carbons (Fsp3) is 0.235. The molecule has 0 saturated carbocycles. The van der Waals surface area contributed by atoms with Gasteiger partial charge >= 0.3 is 0 Å². The standard InChI is InChI=1S/C17H13ClN4OS/c18-11-6-2-3-7-12(11)21-9-19-22-16(23)14-10-5-1-4-8-13(10)24-15(14)20-17(21)22/h2-3,6-7,9H,1,4-5,8H2. The molecule has 0 saturated heterocycles. The van der Waals surface area contributed by atoms with E-state index >= 15 is 0 Å². The highest BCUT2D eigenvalue weighted by atomic mass is 35.5. The number of thiophene rings is 1. The third kappa shape index (κ3) is 1.90. The lowest BCUT2D eigenvalue weighted by molar-refractivity contribution is 0.699. The van der Waals surface area contributed by atoms with Gasteiger partial charge in [0.1, 0.15) is 11.2 Å². The molecular formula is C17H13ClN4OS. The summed E-state index contributed by atoms with van der Waals surface area (Å²) in [7, 11) is 0. The van der Waals surface area contributed by atoms with Crippen LogP contribution in [0.2, 0.25) is 5.02 Å². The maximum absolute atomic E-state index is 13.0. The number of nitrogens with zero attached hydrogens (tertiary/aromatic N) is 4. The van der Waals surface area contributed by atoms with E-state index in [1.807, 2.05) is 24.3 Å². The molecule has 4 aromatic rings. The summed E-state index contributed by atoms with van der Waals surface area (Å²) in [5.74, 6) is 0.499. The molecule has 0 aliphatic heterocycles. The summed E-state index contributed by atoms with van der Waals surface area (Å²) in [6, 6.07) is 7.47. The van der Waals surface area contributed by atoms with Gasteiger partial charge in [0.05, 0.1) is 16.1 Å². The molecule has 5 nitrogen and oxygen atoms in total. The molecule has 1 aliphatic carbocycles. The summed E-state index contributed by atoms with van der Waals surface area (Å²) in [4.78, 5) is 19.8. The van der Waals surface area contributed by atoms with Crippen molar-refractivity contribution in [1.82, 2.24) is 19.2 Å². The molecule has 0 fully saturated rings. The van der Waals surface area contributed by atoms with Crippen molar-refractivity contribution in [3.63, 3.8) is 0 Å². The minimum absolute atomic E-state index is 0.0831. The Morgan fingerprint density at radius 3 is 2.88 bits per heavy atom. The molecule has 120 valence electrons. The number of hydrogen-bond acceptors (Lipinski definition) is 4. The molecule has 0 unspecified atom stereocenters. The van der Waals surface area contributed by atoms with Crippen LogP contribution >= 0.6 is 22.9 Å². The lowest BCUT2D eigenvalue weighted by Crippen LogP contribution is -2.17. The van der Waals surface area contributed by atoms with Gasteiger partial charge in [0, 0.05) is 4.88 Å². The van der Waals surface area contributed by atoms with Gasteiger partial charge in [-0.1, -0.05) is 23.7 Å². The number of halogens is 1. The van der Waals surface area contributed by atoms with Crippen LogP contribution in [0.3, 0.4) is 0 Å². The largest absolute Gasteiger partial charge is 0.284 e. The normalized spacial score (nSPS) is 14.4. The lowest BCUT2D eigenvalue weighted by Gasteiger charge is -2.09. The van der Waals surface area contributed by atoms with Crippen molar-refractivity contribution in [2.24, 2.45) is 0 Å². The first kappa shape index (κ1) is 14.2. The minimum Gasteiger partial charge on any atom is -0.266 e. The van der Waals surface area contributed by atoms with E-state index in [4.69, 9.17) is 16.6 Å². The van der Waals surface area contributed by atoms with E-state index in [-0.39, 0.29) is 5.56 Å². The van der Waals surface area contributed by atoms with Crippen LogP contribution in [-0.4, -0.2) is 19.2 Å². The predicted molar refractivity (Wildman–Crippen MR) is 95.6 cm³/mol. The Kier molecular flexibility index (Phi) is 3.05. The molecule has 3 heterocycles. The van der Waals surface area contributed by atoms with E-state index in [0.29, 0.717) is 10.8 Å². The molecule has 0 N–H and O–H groups in total. The summed E-state index contributed by atoms with van der Waals surface area (Å²) >= 11 is 7.94. The molecular weight excluding hydrogens is 344 g/mol. The van der Waals surface area contributed by atoms with E-state index in [9.17, 15) is 4.79 Å². The van der Waals surface area contributed by atoms with Gasteiger partial charge < -0.3 is 0 Å². The zero-order chi connectivity index (χ0) is 16.3. The minimum atomic E-state index is -0.0831. The van der Waals surface area contributed by atoms with Gasteiger partial charge in [-0.25, -0.2) is 4.98 Å². The highest BCUT2D eigenvalue weighted by Gasteiger charge is 2.22. The molecule has 0 radical (unpaired) electrons. The molecule has 3 aromatic heterocycles. The number of aromatic nitrogens is 4. The first-order chi connectivity index (χ1) is 11.7. The van der Waals surface area contributed by atoms with Gasteiger partial charge in [-0.3, -0.25) is 9.36 Å². The average molecular weight is 357 g/mol. The SMILES string of the molecule is O=c1c2c3c(sc2nc2n(-c4ccccc4Cl)cnn12)CCCC3. The van der Waals surface area contributed by atoms with E-state index in [0.717, 1.165) is 35.2 Å². The summed E-state index contributed by atoms with van der Waals surface area (Å²) in [6.45, 7) is 0. The summed E-state index contributed by atoms with van der Waals surface area (Å²) < 4.78 is 3.15. The second-order valence-electron chi connectivity index (χ2n) is 5.97. The maximum atomic E-state index is 13.0. The van der Waals surface area contributed by atoms with E-state index in [2.05, 4.69) is 5.10 Å². The summed E-state index contributed by atoms with van der Waals surface area (Å²) in [5.41, 5.74) is 1.86. The number of hydrogen-bond donors (Lipinski definition) is 0. The molecule has 1 aromatic carbocycles. The highest BCUT2D eigenvalue weighted by Crippen LogP contribution is 2.34. The van der Waals surface area contributed by atoms with Crippen LogP contribution in [0.1, 0.15) is 23.3 Å². The molecule has 0 atom stereocenters. The Labute approximate surface area is 146 Å². The Hall–Kier alpha value is -2.18. The number of para-hydroxylation sites is 1. The van der Waals surface area contributed by atoms with E-state index in [1.54, 1.807) is 22.2 Å². The Balaban J connectivity index is 1.86. The van der Waals surface area contributed by atoms with Crippen molar-refractivity contribution in [3.8, 4) is 5.69 Å². The number of fused-ring (bicyclic) bond motifs is 4. The summed E-state index contributed by atoms with van der Waals surface area (Å²) in [6.07, 6.45) is 5.92. The van der Waals surface area contributed by atoms with Gasteiger partial charge in [-0.05, 0) is 43.4 Å². The van der Waals surface area contributed by atoms with Crippen LogP contribution < -0.4 is 5.56 Å². The molecule has 0 amide bonds. The fourth-order valence-electron chi connectivity index (χ4n) is 3.42. The maximum Gasteiger partial charge on any atom is 0.284 e. The molecule has 1 aliphatic rings. The first-order valence-electron chi connectivity index (χ1n) is 7.89. The Morgan fingerprint density at radius 2 is 2.00 bits per heavy atom. The molecule has 5 rings (SSSR count). The smallest absolute Gasteiger partial charge is 0.266 e. The molecule has 7 heteroatoms. The fourth-order valence-corrected chi connectivity index (χ4v) is 4.89. The van der Waals surface area contributed by atoms with Gasteiger partial charge in [0.15, 0.2) is 0 Å². The second-order valence-corrected chi connectivity index (χ2v) is 7.46. The van der Waals surface area contributed by atoms with Crippen LogP contribution in [0.25, 0.3) is 21.7 Å². The second kappa shape index (κ2) is 5.16. The molecule has 24 heavy (non-hydrogen) atoms. The quantitative estimate of drug-likeness (QED) is 0.523. The molecule has 0 bridgehead atoms. The first-order valence-corrected chi connectivity index (χ1v) is 9.09. The van der Waals surface area contributed by atoms with Crippen LogP contribution in [0, 0.1) is 0 Å². The predicted octanol–water partition coefficient (Wildman–Crippen LogP) is 3.63. The van der Waals surface area contributed by atoms with Crippen LogP contribution in [-0.2, 0) is 12.8 Å². The summed E-state index contributed by atoms with van der Waals surface area (Å²) in [5, 5.41) is 5.61. The monoisotopic (exact) mass is 356 g/mol. The number of aryl methyl sites for hydroxylation is 2. The average Bonchev–Trinajstić information content (AvgIpc) is 3.17. The van der Waals surface area contributed by atoms with E-state index < -0.39 is 0 Å². The van der Waals surface area contributed by atoms with Gasteiger partial charge in [-0.2, -0.15) is 9.61 Å². The van der Waals surface area contributed by atoms with Crippen LogP contribution in [0.5, 0.6) is 0 Å². The van der Waals surface area contributed by atoms with Crippen molar-refractivity contribution in [3.05, 3.63) is 56.4 Å². The van der Waals surface area contributed by atoms with Crippen molar-refractivity contribution >= 4 is 38.9 Å². The Morgan fingerprint density at radius 1 is 1.17 bits per heavy atom. The Bertz CT molecular complexity index is 1160. The van der Waals surface area contributed by atoms with Crippen LogP contribution in [0.4, 0.5) is 0 Å². The number of benzene rings is 1. The van der Waals surface area contributed by atoms with Crippen molar-refractivity contribution in [2.75, 3.05) is 0 Å². The van der Waals surface area contributed by atoms with Gasteiger partial charge in [0.2, 0.25) is 5.78 Å². The van der Waals surface area contributed by atoms with Crippen molar-refractivity contribution < 1.29 is 0 Å². The van der Waals surface area contributed by atoms with Crippen molar-refractivity contribution in [1.29, 1.82) is 0 Å². The zero-order valence-electron chi connectivity index (χ0n) is 12.7. The van der Waals surface area contributed by atoms with Crippen molar-refractivity contribution in [2.45, 2.75) is 25.7 Å². The zero-order valence-corrected chi connectivity index (χ0v) is 14.3. The van der Waals surface area contributed by atoms with E-state index in [1.165, 1.54) is 21.4 Å².